The molecule has 0 aliphatic carbocycles. The second-order valence-corrected chi connectivity index (χ2v) is 8.27. The lowest BCUT2D eigenvalue weighted by Gasteiger charge is -2.17. The van der Waals surface area contributed by atoms with E-state index < -0.39 is 10.0 Å². The molecule has 2 amide bonds. The van der Waals surface area contributed by atoms with Gasteiger partial charge in [0.15, 0.2) is 0 Å². The molecule has 1 saturated heterocycles. The minimum absolute atomic E-state index is 0.213. The van der Waals surface area contributed by atoms with Crippen LogP contribution in [0.5, 0.6) is 0 Å². The second-order valence-electron chi connectivity index (χ2n) is 6.52. The number of amides is 2. The Hall–Kier alpha value is -1.80. The fourth-order valence-electron chi connectivity index (χ4n) is 2.93. The normalized spacial score (nSPS) is 16.4. The third-order valence-electron chi connectivity index (χ3n) is 4.17. The maximum atomic E-state index is 12.0. The summed E-state index contributed by atoms with van der Waals surface area (Å²) in [7, 11) is -3.32. The van der Waals surface area contributed by atoms with Gasteiger partial charge in [-0.1, -0.05) is 12.1 Å². The molecule has 25 heavy (non-hydrogen) atoms. The number of carbonyl (C=O) groups is 1. The van der Waals surface area contributed by atoms with Crippen LogP contribution in [0, 0.1) is 0 Å². The third kappa shape index (κ3) is 7.31. The fourth-order valence-corrected chi connectivity index (χ4v) is 3.48. The van der Waals surface area contributed by atoms with Crippen molar-refractivity contribution >= 4 is 21.7 Å². The molecule has 1 unspecified atom stereocenters. The standard InChI is InChI=1S/C17H28N4O3S/c1-14(15-7-5-8-16(13-15)20-25(2,23)24)19-17(22)18-9-6-12-21-10-3-4-11-21/h5,7-8,13-14,20H,3-4,6,9-12H2,1-2H3,(H2,18,19,22). The lowest BCUT2D eigenvalue weighted by atomic mass is 10.1. The molecule has 8 heteroatoms. The van der Waals surface area contributed by atoms with E-state index in [9.17, 15) is 13.2 Å². The molecule has 0 radical (unpaired) electrons. The van der Waals surface area contributed by atoms with Gasteiger partial charge in [-0.2, -0.15) is 0 Å². The lowest BCUT2D eigenvalue weighted by molar-refractivity contribution is 0.237. The minimum Gasteiger partial charge on any atom is -0.338 e. The molecule has 0 spiro atoms. The van der Waals surface area contributed by atoms with Crippen molar-refractivity contribution in [1.82, 2.24) is 15.5 Å². The first-order valence-electron chi connectivity index (χ1n) is 8.68. The van der Waals surface area contributed by atoms with Crippen molar-refractivity contribution < 1.29 is 13.2 Å². The van der Waals surface area contributed by atoms with Crippen LogP contribution in [0.3, 0.4) is 0 Å². The van der Waals surface area contributed by atoms with Crippen LogP contribution in [0.4, 0.5) is 10.5 Å². The maximum Gasteiger partial charge on any atom is 0.315 e. The Morgan fingerprint density at radius 1 is 1.28 bits per heavy atom. The average Bonchev–Trinajstić information content (AvgIpc) is 3.03. The number of carbonyl (C=O) groups excluding carboxylic acids is 1. The Kier molecular flexibility index (Phi) is 7.07. The van der Waals surface area contributed by atoms with Gasteiger partial charge in [0.25, 0.3) is 0 Å². The van der Waals surface area contributed by atoms with Gasteiger partial charge >= 0.3 is 6.03 Å². The summed E-state index contributed by atoms with van der Waals surface area (Å²) in [5.74, 6) is 0. The van der Waals surface area contributed by atoms with Gasteiger partial charge in [-0.15, -0.1) is 0 Å². The summed E-state index contributed by atoms with van der Waals surface area (Å²) in [6.07, 6.45) is 4.60. The molecule has 140 valence electrons. The number of anilines is 1. The molecule has 1 fully saturated rings. The number of hydrogen-bond acceptors (Lipinski definition) is 4. The number of hydrogen-bond donors (Lipinski definition) is 3. The summed E-state index contributed by atoms with van der Waals surface area (Å²) in [6, 6.07) is 6.57. The van der Waals surface area contributed by atoms with Crippen LogP contribution in [-0.4, -0.2) is 51.8 Å². The first-order valence-corrected chi connectivity index (χ1v) is 10.6. The van der Waals surface area contributed by atoms with E-state index in [-0.39, 0.29) is 12.1 Å². The van der Waals surface area contributed by atoms with Crippen LogP contribution in [-0.2, 0) is 10.0 Å². The molecule has 1 aromatic rings. The molecule has 1 atom stereocenters. The predicted octanol–water partition coefficient (Wildman–Crippen LogP) is 1.90. The zero-order valence-corrected chi connectivity index (χ0v) is 15.7. The average molecular weight is 369 g/mol. The molecule has 7 nitrogen and oxygen atoms in total. The van der Waals surface area contributed by atoms with E-state index in [1.807, 2.05) is 13.0 Å². The SMILES string of the molecule is CC(NC(=O)NCCCN1CCCC1)c1cccc(NS(C)(=O)=O)c1. The molecule has 0 saturated carbocycles. The minimum atomic E-state index is -3.32. The number of nitrogens with zero attached hydrogens (tertiary/aromatic N) is 1. The highest BCUT2D eigenvalue weighted by molar-refractivity contribution is 7.92. The van der Waals surface area contributed by atoms with Crippen molar-refractivity contribution in [3.8, 4) is 0 Å². The summed E-state index contributed by atoms with van der Waals surface area (Å²) < 4.78 is 25.1. The van der Waals surface area contributed by atoms with Gasteiger partial charge in [-0.3, -0.25) is 4.72 Å². The number of sulfonamides is 1. The molecule has 3 N–H and O–H groups in total. The van der Waals surface area contributed by atoms with E-state index in [1.165, 1.54) is 25.9 Å². The molecule has 1 aliphatic rings. The van der Waals surface area contributed by atoms with Crippen LogP contribution >= 0.6 is 0 Å². The molecular formula is C17H28N4O3S. The highest BCUT2D eigenvalue weighted by atomic mass is 32.2. The Bertz CT molecular complexity index is 672. The van der Waals surface area contributed by atoms with Crippen molar-refractivity contribution in [2.45, 2.75) is 32.2 Å². The van der Waals surface area contributed by atoms with Crippen molar-refractivity contribution in [3.05, 3.63) is 29.8 Å². The summed E-state index contributed by atoms with van der Waals surface area (Å²) >= 11 is 0. The van der Waals surface area contributed by atoms with E-state index in [4.69, 9.17) is 0 Å². The van der Waals surface area contributed by atoms with Gasteiger partial charge in [0, 0.05) is 12.2 Å². The maximum absolute atomic E-state index is 12.0. The number of nitrogens with one attached hydrogen (secondary N) is 3. The van der Waals surface area contributed by atoms with Gasteiger partial charge in [0.2, 0.25) is 10.0 Å². The third-order valence-corrected chi connectivity index (χ3v) is 4.78. The lowest BCUT2D eigenvalue weighted by Crippen LogP contribution is -2.38. The van der Waals surface area contributed by atoms with Crippen molar-refractivity contribution in [3.63, 3.8) is 0 Å². The van der Waals surface area contributed by atoms with Crippen LogP contribution in [0.2, 0.25) is 0 Å². The summed E-state index contributed by atoms with van der Waals surface area (Å²) in [4.78, 5) is 14.4. The first-order chi connectivity index (χ1) is 11.8. The van der Waals surface area contributed by atoms with E-state index in [0.717, 1.165) is 24.8 Å². The van der Waals surface area contributed by atoms with E-state index in [1.54, 1.807) is 18.2 Å². The Morgan fingerprint density at radius 3 is 2.68 bits per heavy atom. The van der Waals surface area contributed by atoms with Crippen molar-refractivity contribution in [2.24, 2.45) is 0 Å². The number of likely N-dealkylation sites (tertiary alicyclic amines) is 1. The van der Waals surface area contributed by atoms with Crippen LogP contribution in [0.1, 0.15) is 37.8 Å². The van der Waals surface area contributed by atoms with Gasteiger partial charge in [0.05, 0.1) is 12.3 Å². The van der Waals surface area contributed by atoms with E-state index in [2.05, 4.69) is 20.3 Å². The Morgan fingerprint density at radius 2 is 2.00 bits per heavy atom. The van der Waals surface area contributed by atoms with Gasteiger partial charge in [-0.25, -0.2) is 13.2 Å². The summed E-state index contributed by atoms with van der Waals surface area (Å²) in [5, 5.41) is 5.75. The highest BCUT2D eigenvalue weighted by Gasteiger charge is 2.12. The highest BCUT2D eigenvalue weighted by Crippen LogP contribution is 2.18. The summed E-state index contributed by atoms with van der Waals surface area (Å²) in [6.45, 7) is 5.87. The van der Waals surface area contributed by atoms with Crippen LogP contribution in [0.15, 0.2) is 24.3 Å². The summed E-state index contributed by atoms with van der Waals surface area (Å²) in [5.41, 5.74) is 1.32. The largest absolute Gasteiger partial charge is 0.338 e. The smallest absolute Gasteiger partial charge is 0.315 e. The van der Waals surface area contributed by atoms with E-state index >= 15 is 0 Å². The molecule has 0 aromatic heterocycles. The topological polar surface area (TPSA) is 90.5 Å². The fraction of sp³-hybridized carbons (Fsp3) is 0.588. The molecule has 2 rings (SSSR count). The van der Waals surface area contributed by atoms with Crippen LogP contribution < -0.4 is 15.4 Å². The van der Waals surface area contributed by atoms with Crippen molar-refractivity contribution in [1.29, 1.82) is 0 Å². The molecule has 1 aliphatic heterocycles. The molecule has 1 heterocycles. The number of benzene rings is 1. The molecule has 1 aromatic carbocycles. The predicted molar refractivity (Wildman–Crippen MR) is 100 cm³/mol. The zero-order chi connectivity index (χ0) is 18.3. The number of rotatable bonds is 8. The number of urea groups is 1. The van der Waals surface area contributed by atoms with E-state index in [0.29, 0.717) is 12.2 Å². The van der Waals surface area contributed by atoms with Gasteiger partial charge < -0.3 is 15.5 Å². The first kappa shape index (κ1) is 19.5. The molecule has 0 bridgehead atoms. The van der Waals surface area contributed by atoms with Gasteiger partial charge in [0.1, 0.15) is 0 Å². The second kappa shape index (κ2) is 9.05. The zero-order valence-electron chi connectivity index (χ0n) is 14.9. The van der Waals surface area contributed by atoms with Crippen molar-refractivity contribution in [2.75, 3.05) is 37.2 Å². The van der Waals surface area contributed by atoms with Crippen LogP contribution in [0.25, 0.3) is 0 Å². The Labute approximate surface area is 150 Å². The monoisotopic (exact) mass is 368 g/mol. The quantitative estimate of drug-likeness (QED) is 0.611. The Balaban J connectivity index is 1.75. The van der Waals surface area contributed by atoms with Gasteiger partial charge in [-0.05, 0) is 63.5 Å². The molecular weight excluding hydrogens is 340 g/mol.